The van der Waals surface area contributed by atoms with Gasteiger partial charge in [-0.2, -0.15) is 0 Å². The molecule has 0 saturated carbocycles. The van der Waals surface area contributed by atoms with Crippen LogP contribution in [0.3, 0.4) is 0 Å². The first-order chi connectivity index (χ1) is 14.0. The molecular formula is C20H18N4O3S2. The maximum atomic E-state index is 12.9. The average molecular weight is 427 g/mol. The van der Waals surface area contributed by atoms with Crippen LogP contribution in [-0.2, 0) is 11.3 Å². The molecule has 9 heteroatoms. The van der Waals surface area contributed by atoms with Crippen molar-refractivity contribution < 1.29 is 9.21 Å². The quantitative estimate of drug-likeness (QED) is 0.289. The van der Waals surface area contributed by atoms with Crippen molar-refractivity contribution in [3.63, 3.8) is 0 Å². The number of aromatic nitrogens is 2. The van der Waals surface area contributed by atoms with Crippen LogP contribution in [0.2, 0.25) is 0 Å². The fraction of sp³-hybridized carbons (Fsp3) is 0.150. The van der Waals surface area contributed by atoms with E-state index in [1.54, 1.807) is 24.3 Å². The van der Waals surface area contributed by atoms with Crippen molar-refractivity contribution in [3.05, 3.63) is 70.2 Å². The van der Waals surface area contributed by atoms with E-state index >= 15 is 0 Å². The van der Waals surface area contributed by atoms with Crippen LogP contribution in [0.4, 0.5) is 0 Å². The summed E-state index contributed by atoms with van der Waals surface area (Å²) in [6, 6.07) is 13.2. The van der Waals surface area contributed by atoms with Crippen LogP contribution in [0.1, 0.15) is 5.76 Å². The third kappa shape index (κ3) is 3.92. The molecule has 0 aliphatic rings. The highest BCUT2D eigenvalue weighted by atomic mass is 32.2. The normalized spacial score (nSPS) is 11.1. The Labute approximate surface area is 174 Å². The zero-order valence-electron chi connectivity index (χ0n) is 15.6. The number of thiophene rings is 1. The summed E-state index contributed by atoms with van der Waals surface area (Å²) in [5.74, 6) is 6.71. The van der Waals surface area contributed by atoms with Gasteiger partial charge >= 0.3 is 0 Å². The molecule has 0 unspecified atom stereocenters. The summed E-state index contributed by atoms with van der Waals surface area (Å²) in [5.41, 5.74) is 1.43. The van der Waals surface area contributed by atoms with Gasteiger partial charge in [0.2, 0.25) is 5.91 Å². The van der Waals surface area contributed by atoms with E-state index in [1.165, 1.54) is 11.3 Å². The second-order valence-corrected chi connectivity index (χ2v) is 8.18. The topological polar surface area (TPSA) is 94.4 Å². The van der Waals surface area contributed by atoms with Crippen LogP contribution < -0.4 is 11.4 Å². The lowest BCUT2D eigenvalue weighted by Crippen LogP contribution is -2.31. The standard InChI is InChI=1S/C20H18N4O3S2/c1-23(10-14-8-5-9-27-14)16(25)12-29-20-22-18-17(19(26)24(20)21)15(11-28-18)13-6-3-2-4-7-13/h2-9,11H,10,12,21H2,1H3. The number of nitrogen functional groups attached to an aromatic ring is 1. The average Bonchev–Trinajstić information content (AvgIpc) is 3.39. The molecule has 0 aliphatic carbocycles. The Balaban J connectivity index is 1.55. The number of rotatable bonds is 6. The van der Waals surface area contributed by atoms with Crippen LogP contribution in [0, 0.1) is 0 Å². The molecule has 0 radical (unpaired) electrons. The van der Waals surface area contributed by atoms with Gasteiger partial charge in [-0.15, -0.1) is 11.3 Å². The Morgan fingerprint density at radius 1 is 1.28 bits per heavy atom. The highest BCUT2D eigenvalue weighted by Crippen LogP contribution is 2.31. The number of amides is 1. The van der Waals surface area contributed by atoms with Gasteiger partial charge in [-0.05, 0) is 17.7 Å². The van der Waals surface area contributed by atoms with Gasteiger partial charge in [0, 0.05) is 18.0 Å². The molecule has 0 fully saturated rings. The number of thioether (sulfide) groups is 1. The van der Waals surface area contributed by atoms with Gasteiger partial charge in [0.15, 0.2) is 5.16 Å². The molecule has 3 heterocycles. The number of carbonyl (C=O) groups is 1. The number of furan rings is 1. The number of nitrogens with two attached hydrogens (primary N) is 1. The van der Waals surface area contributed by atoms with E-state index in [0.717, 1.165) is 27.6 Å². The predicted molar refractivity (Wildman–Crippen MR) is 115 cm³/mol. The SMILES string of the molecule is CN(Cc1ccco1)C(=O)CSc1nc2scc(-c3ccccc3)c2c(=O)n1N. The fourth-order valence-corrected chi connectivity index (χ4v) is 4.72. The second-order valence-electron chi connectivity index (χ2n) is 6.38. The van der Waals surface area contributed by atoms with Gasteiger partial charge in [0.1, 0.15) is 10.6 Å². The van der Waals surface area contributed by atoms with Crippen molar-refractivity contribution in [3.8, 4) is 11.1 Å². The molecule has 4 rings (SSSR count). The van der Waals surface area contributed by atoms with E-state index in [2.05, 4.69) is 4.98 Å². The van der Waals surface area contributed by atoms with Crippen molar-refractivity contribution in [2.24, 2.45) is 0 Å². The lowest BCUT2D eigenvalue weighted by Gasteiger charge is -2.15. The van der Waals surface area contributed by atoms with Crippen LogP contribution in [0.25, 0.3) is 21.3 Å². The van der Waals surface area contributed by atoms with Crippen molar-refractivity contribution in [2.45, 2.75) is 11.7 Å². The Morgan fingerprint density at radius 2 is 2.07 bits per heavy atom. The van der Waals surface area contributed by atoms with Gasteiger partial charge in [-0.25, -0.2) is 9.66 Å². The van der Waals surface area contributed by atoms with E-state index in [1.807, 2.05) is 41.8 Å². The lowest BCUT2D eigenvalue weighted by atomic mass is 10.1. The summed E-state index contributed by atoms with van der Waals surface area (Å²) in [6.07, 6.45) is 1.57. The van der Waals surface area contributed by atoms with Crippen molar-refractivity contribution in [1.82, 2.24) is 14.6 Å². The second kappa shape index (κ2) is 8.14. The molecular weight excluding hydrogens is 408 g/mol. The number of hydrogen-bond acceptors (Lipinski definition) is 7. The largest absolute Gasteiger partial charge is 0.467 e. The van der Waals surface area contributed by atoms with Crippen LogP contribution in [-0.4, -0.2) is 33.3 Å². The van der Waals surface area contributed by atoms with Gasteiger partial charge in [-0.3, -0.25) is 9.59 Å². The minimum absolute atomic E-state index is 0.114. The van der Waals surface area contributed by atoms with Crippen molar-refractivity contribution >= 4 is 39.2 Å². The summed E-state index contributed by atoms with van der Waals surface area (Å²) in [7, 11) is 1.70. The van der Waals surface area contributed by atoms with Gasteiger partial charge in [-0.1, -0.05) is 42.1 Å². The molecule has 0 saturated heterocycles. The first-order valence-electron chi connectivity index (χ1n) is 8.78. The zero-order chi connectivity index (χ0) is 20.4. The Kier molecular flexibility index (Phi) is 5.41. The maximum absolute atomic E-state index is 12.9. The molecule has 3 aromatic heterocycles. The monoisotopic (exact) mass is 426 g/mol. The highest BCUT2D eigenvalue weighted by Gasteiger charge is 2.18. The van der Waals surface area contributed by atoms with Crippen molar-refractivity contribution in [1.29, 1.82) is 0 Å². The first-order valence-corrected chi connectivity index (χ1v) is 10.6. The Hall–Kier alpha value is -3.04. The molecule has 4 aromatic rings. The Bertz CT molecular complexity index is 1200. The molecule has 1 aromatic carbocycles. The predicted octanol–water partition coefficient (Wildman–Crippen LogP) is 3.18. The van der Waals surface area contributed by atoms with Gasteiger partial charge in [0.05, 0.1) is 23.9 Å². The number of nitrogens with zero attached hydrogens (tertiary/aromatic N) is 3. The summed E-state index contributed by atoms with van der Waals surface area (Å²) in [6.45, 7) is 0.375. The minimum Gasteiger partial charge on any atom is -0.467 e. The third-order valence-electron chi connectivity index (χ3n) is 4.42. The molecule has 0 bridgehead atoms. The Morgan fingerprint density at radius 3 is 2.79 bits per heavy atom. The van der Waals surface area contributed by atoms with Gasteiger partial charge in [0.25, 0.3) is 5.56 Å². The molecule has 0 atom stereocenters. The number of hydrogen-bond donors (Lipinski definition) is 1. The van der Waals surface area contributed by atoms with Gasteiger partial charge < -0.3 is 15.2 Å². The molecule has 2 N–H and O–H groups in total. The molecule has 29 heavy (non-hydrogen) atoms. The summed E-state index contributed by atoms with van der Waals surface area (Å²) in [4.78, 5) is 32.0. The highest BCUT2D eigenvalue weighted by molar-refractivity contribution is 7.99. The molecule has 1 amide bonds. The maximum Gasteiger partial charge on any atom is 0.282 e. The summed E-state index contributed by atoms with van der Waals surface area (Å²) < 4.78 is 6.28. The smallest absolute Gasteiger partial charge is 0.282 e. The van der Waals surface area contributed by atoms with Crippen LogP contribution in [0.15, 0.2) is 68.5 Å². The molecule has 148 valence electrons. The summed E-state index contributed by atoms with van der Waals surface area (Å²) in [5, 5.41) is 2.71. The van der Waals surface area contributed by atoms with E-state index in [0.29, 0.717) is 27.7 Å². The minimum atomic E-state index is -0.325. The van der Waals surface area contributed by atoms with E-state index < -0.39 is 0 Å². The number of benzene rings is 1. The fourth-order valence-electron chi connectivity index (χ4n) is 2.88. The molecule has 7 nitrogen and oxygen atoms in total. The van der Waals surface area contributed by atoms with Crippen LogP contribution >= 0.6 is 23.1 Å². The third-order valence-corrected chi connectivity index (χ3v) is 6.23. The zero-order valence-corrected chi connectivity index (χ0v) is 17.2. The molecule has 0 spiro atoms. The molecule has 0 aliphatic heterocycles. The number of carbonyl (C=O) groups excluding carboxylic acids is 1. The first kappa shape index (κ1) is 19.3. The summed E-state index contributed by atoms with van der Waals surface area (Å²) >= 11 is 2.53. The lowest BCUT2D eigenvalue weighted by molar-refractivity contribution is -0.127. The van der Waals surface area contributed by atoms with Crippen molar-refractivity contribution in [2.75, 3.05) is 18.6 Å². The number of fused-ring (bicyclic) bond motifs is 1. The van der Waals surface area contributed by atoms with E-state index in [4.69, 9.17) is 10.3 Å². The van der Waals surface area contributed by atoms with E-state index in [-0.39, 0.29) is 17.2 Å². The van der Waals surface area contributed by atoms with E-state index in [9.17, 15) is 9.59 Å². The van der Waals surface area contributed by atoms with Crippen LogP contribution in [0.5, 0.6) is 0 Å².